The van der Waals surface area contributed by atoms with Crippen molar-refractivity contribution >= 4 is 38.9 Å². The summed E-state index contributed by atoms with van der Waals surface area (Å²) in [5, 5.41) is 2.95. The molecule has 0 bridgehead atoms. The molecular formula is C21H27ClN2O3S2. The number of carbonyl (C=O) groups excluding carboxylic acids is 1. The van der Waals surface area contributed by atoms with Gasteiger partial charge in [-0.1, -0.05) is 17.7 Å². The SMILES string of the molecule is Cc1cc(C)c(C)c(S(=O)(=O)N2CCC(C(=O)NCc3ccc(Cl)s3)CC2)c1C. The van der Waals surface area contributed by atoms with Gasteiger partial charge in [0.2, 0.25) is 15.9 Å². The maximum absolute atomic E-state index is 13.3. The van der Waals surface area contributed by atoms with Gasteiger partial charge in [0.15, 0.2) is 0 Å². The predicted molar refractivity (Wildman–Crippen MR) is 118 cm³/mol. The summed E-state index contributed by atoms with van der Waals surface area (Å²) in [5.74, 6) is -0.191. The van der Waals surface area contributed by atoms with E-state index < -0.39 is 10.0 Å². The van der Waals surface area contributed by atoms with Crippen LogP contribution in [-0.2, 0) is 21.4 Å². The van der Waals surface area contributed by atoms with E-state index in [0.29, 0.717) is 41.7 Å². The molecule has 1 N–H and O–H groups in total. The van der Waals surface area contributed by atoms with Crippen LogP contribution < -0.4 is 5.32 Å². The number of nitrogens with zero attached hydrogens (tertiary/aromatic N) is 1. The molecule has 2 aromatic rings. The third-order valence-electron chi connectivity index (χ3n) is 5.79. The second-order valence-corrected chi connectivity index (χ2v) is 11.4. The van der Waals surface area contributed by atoms with Crippen LogP contribution >= 0.6 is 22.9 Å². The average Bonchev–Trinajstić information content (AvgIpc) is 3.10. The van der Waals surface area contributed by atoms with Crippen LogP contribution in [0.5, 0.6) is 0 Å². The van der Waals surface area contributed by atoms with Crippen molar-refractivity contribution in [3.05, 3.63) is 49.7 Å². The number of hydrogen-bond donors (Lipinski definition) is 1. The van der Waals surface area contributed by atoms with Crippen LogP contribution in [0.2, 0.25) is 4.34 Å². The fraction of sp³-hybridized carbons (Fsp3) is 0.476. The first-order valence-electron chi connectivity index (χ1n) is 9.70. The summed E-state index contributed by atoms with van der Waals surface area (Å²) in [7, 11) is -3.58. The summed E-state index contributed by atoms with van der Waals surface area (Å²) in [6.07, 6.45) is 1.05. The summed E-state index contributed by atoms with van der Waals surface area (Å²) in [4.78, 5) is 13.9. The number of aryl methyl sites for hydroxylation is 2. The Kier molecular flexibility index (Phi) is 6.73. The van der Waals surface area contributed by atoms with Crippen LogP contribution in [0.15, 0.2) is 23.1 Å². The number of sulfonamides is 1. The molecule has 1 aromatic heterocycles. The van der Waals surface area contributed by atoms with Gasteiger partial charge in [0, 0.05) is 23.9 Å². The molecule has 29 heavy (non-hydrogen) atoms. The fourth-order valence-corrected chi connectivity index (χ4v) is 6.89. The van der Waals surface area contributed by atoms with Gasteiger partial charge in [0.05, 0.1) is 15.8 Å². The van der Waals surface area contributed by atoms with Crippen LogP contribution in [0.1, 0.15) is 40.0 Å². The van der Waals surface area contributed by atoms with E-state index in [1.165, 1.54) is 15.6 Å². The molecule has 5 nitrogen and oxygen atoms in total. The molecular weight excluding hydrogens is 428 g/mol. The second-order valence-electron chi connectivity index (χ2n) is 7.69. The molecule has 0 aliphatic carbocycles. The molecule has 1 aromatic carbocycles. The highest BCUT2D eigenvalue weighted by Gasteiger charge is 2.34. The largest absolute Gasteiger partial charge is 0.351 e. The third-order valence-corrected chi connectivity index (χ3v) is 9.19. The number of nitrogens with one attached hydrogen (secondary N) is 1. The Morgan fingerprint density at radius 3 is 2.24 bits per heavy atom. The van der Waals surface area contributed by atoms with Crippen molar-refractivity contribution in [2.75, 3.05) is 13.1 Å². The number of halogens is 1. The van der Waals surface area contributed by atoms with Crippen LogP contribution in [0.3, 0.4) is 0 Å². The lowest BCUT2D eigenvalue weighted by molar-refractivity contribution is -0.126. The Labute approximate surface area is 182 Å². The van der Waals surface area contributed by atoms with Gasteiger partial charge in [-0.15, -0.1) is 11.3 Å². The van der Waals surface area contributed by atoms with Crippen LogP contribution in [0, 0.1) is 33.6 Å². The van der Waals surface area contributed by atoms with Gasteiger partial charge in [-0.2, -0.15) is 4.31 Å². The number of hydrogen-bond acceptors (Lipinski definition) is 4. The molecule has 8 heteroatoms. The molecule has 1 aliphatic rings. The first kappa shape index (κ1) is 22.3. The monoisotopic (exact) mass is 454 g/mol. The Balaban J connectivity index is 1.66. The van der Waals surface area contributed by atoms with Crippen molar-refractivity contribution in [3.8, 4) is 0 Å². The summed E-state index contributed by atoms with van der Waals surface area (Å²) in [5.41, 5.74) is 3.58. The van der Waals surface area contributed by atoms with E-state index in [-0.39, 0.29) is 11.8 Å². The Hall–Kier alpha value is -1.41. The van der Waals surface area contributed by atoms with E-state index in [4.69, 9.17) is 11.6 Å². The van der Waals surface area contributed by atoms with Gasteiger partial charge in [-0.05, 0) is 74.9 Å². The number of rotatable bonds is 5. The minimum atomic E-state index is -3.58. The first-order valence-corrected chi connectivity index (χ1v) is 12.3. The van der Waals surface area contributed by atoms with E-state index in [2.05, 4.69) is 5.32 Å². The summed E-state index contributed by atoms with van der Waals surface area (Å²) >= 11 is 7.36. The van der Waals surface area contributed by atoms with E-state index >= 15 is 0 Å². The van der Waals surface area contributed by atoms with Crippen molar-refractivity contribution < 1.29 is 13.2 Å². The zero-order valence-electron chi connectivity index (χ0n) is 17.2. The molecule has 1 fully saturated rings. The van der Waals surface area contributed by atoms with Gasteiger partial charge in [0.25, 0.3) is 0 Å². The Morgan fingerprint density at radius 1 is 1.14 bits per heavy atom. The molecule has 1 saturated heterocycles. The Morgan fingerprint density at radius 2 is 1.72 bits per heavy atom. The standard InChI is InChI=1S/C21H27ClN2O3S2/c1-13-11-14(2)16(4)20(15(13)3)29(26,27)24-9-7-17(8-10-24)21(25)23-12-18-5-6-19(22)28-18/h5-6,11,17H,7-10,12H2,1-4H3,(H,23,25). The average molecular weight is 455 g/mol. The van der Waals surface area contributed by atoms with Crippen LogP contribution in [-0.4, -0.2) is 31.7 Å². The van der Waals surface area contributed by atoms with Gasteiger partial charge < -0.3 is 5.32 Å². The lowest BCUT2D eigenvalue weighted by Gasteiger charge is -2.31. The molecule has 0 saturated carbocycles. The number of benzene rings is 1. The molecule has 0 radical (unpaired) electrons. The number of amides is 1. The summed E-state index contributed by atoms with van der Waals surface area (Å²) < 4.78 is 28.9. The molecule has 1 aliphatic heterocycles. The van der Waals surface area contributed by atoms with Crippen molar-refractivity contribution in [1.82, 2.24) is 9.62 Å². The van der Waals surface area contributed by atoms with Crippen molar-refractivity contribution in [2.24, 2.45) is 5.92 Å². The Bertz CT molecular complexity index is 997. The lowest BCUT2D eigenvalue weighted by Crippen LogP contribution is -2.43. The fourth-order valence-electron chi connectivity index (χ4n) is 3.82. The maximum Gasteiger partial charge on any atom is 0.243 e. The normalized spacial score (nSPS) is 16.2. The van der Waals surface area contributed by atoms with Crippen molar-refractivity contribution in [1.29, 1.82) is 0 Å². The zero-order chi connectivity index (χ0) is 21.3. The van der Waals surface area contributed by atoms with E-state index in [1.807, 2.05) is 45.9 Å². The molecule has 0 unspecified atom stereocenters. The van der Waals surface area contributed by atoms with Crippen LogP contribution in [0.4, 0.5) is 0 Å². The van der Waals surface area contributed by atoms with E-state index in [0.717, 1.165) is 27.1 Å². The lowest BCUT2D eigenvalue weighted by atomic mass is 9.97. The topological polar surface area (TPSA) is 66.5 Å². The number of thiophene rings is 1. The highest BCUT2D eigenvalue weighted by Crippen LogP contribution is 2.31. The van der Waals surface area contributed by atoms with Crippen molar-refractivity contribution in [2.45, 2.75) is 52.0 Å². The summed E-state index contributed by atoms with van der Waals surface area (Å²) in [6.45, 7) is 8.79. The maximum atomic E-state index is 13.3. The smallest absolute Gasteiger partial charge is 0.243 e. The quantitative estimate of drug-likeness (QED) is 0.730. The molecule has 3 rings (SSSR count). The third kappa shape index (κ3) is 4.68. The molecule has 158 valence electrons. The second kappa shape index (κ2) is 8.76. The molecule has 1 amide bonds. The van der Waals surface area contributed by atoms with Gasteiger partial charge in [-0.3, -0.25) is 4.79 Å². The first-order chi connectivity index (χ1) is 13.6. The minimum Gasteiger partial charge on any atom is -0.351 e. The number of carbonyl (C=O) groups is 1. The molecule has 2 heterocycles. The highest BCUT2D eigenvalue weighted by atomic mass is 35.5. The van der Waals surface area contributed by atoms with E-state index in [1.54, 1.807) is 0 Å². The van der Waals surface area contributed by atoms with Gasteiger partial charge in [0.1, 0.15) is 0 Å². The van der Waals surface area contributed by atoms with Gasteiger partial charge in [-0.25, -0.2) is 8.42 Å². The van der Waals surface area contributed by atoms with E-state index in [9.17, 15) is 13.2 Å². The predicted octanol–water partition coefficient (Wildman–Crippen LogP) is 4.35. The zero-order valence-corrected chi connectivity index (χ0v) is 19.6. The van der Waals surface area contributed by atoms with Gasteiger partial charge >= 0.3 is 0 Å². The number of piperidine rings is 1. The van der Waals surface area contributed by atoms with Crippen molar-refractivity contribution in [3.63, 3.8) is 0 Å². The highest BCUT2D eigenvalue weighted by molar-refractivity contribution is 7.89. The molecule has 0 spiro atoms. The molecule has 0 atom stereocenters. The minimum absolute atomic E-state index is 0.0228. The van der Waals surface area contributed by atoms with Crippen LogP contribution in [0.25, 0.3) is 0 Å². The summed E-state index contributed by atoms with van der Waals surface area (Å²) in [6, 6.07) is 5.74.